The van der Waals surface area contributed by atoms with Gasteiger partial charge in [-0.2, -0.15) is 5.26 Å². The number of amides is 1. The molecule has 0 aromatic carbocycles. The molecule has 6 heteroatoms. The number of rotatable bonds is 3. The van der Waals surface area contributed by atoms with Gasteiger partial charge in [0.1, 0.15) is 11.9 Å². The molecule has 1 aliphatic carbocycles. The second-order valence-corrected chi connectivity index (χ2v) is 4.67. The van der Waals surface area contributed by atoms with Gasteiger partial charge in [0, 0.05) is 13.1 Å². The van der Waals surface area contributed by atoms with Crippen LogP contribution < -0.4 is 10.6 Å². The van der Waals surface area contributed by atoms with Gasteiger partial charge in [0.25, 0.3) is 0 Å². The van der Waals surface area contributed by atoms with Crippen molar-refractivity contribution < 1.29 is 4.79 Å². The van der Waals surface area contributed by atoms with Crippen molar-refractivity contribution >= 4 is 11.7 Å². The SMILES string of the molecule is CNC(=O)C1CCCCC1Nc1ccc(C#N)nn1. The first-order valence-corrected chi connectivity index (χ1v) is 6.46. The molecule has 1 amide bonds. The van der Waals surface area contributed by atoms with E-state index in [4.69, 9.17) is 5.26 Å². The first-order valence-electron chi connectivity index (χ1n) is 6.46. The minimum atomic E-state index is -0.0313. The highest BCUT2D eigenvalue weighted by Crippen LogP contribution is 2.26. The van der Waals surface area contributed by atoms with Crippen LogP contribution in [0.3, 0.4) is 0 Å². The third-order valence-electron chi connectivity index (χ3n) is 3.46. The zero-order valence-electron chi connectivity index (χ0n) is 10.9. The summed E-state index contributed by atoms with van der Waals surface area (Å²) in [4.78, 5) is 11.8. The smallest absolute Gasteiger partial charge is 0.224 e. The highest BCUT2D eigenvalue weighted by Gasteiger charge is 2.30. The molecular formula is C13H17N5O. The topological polar surface area (TPSA) is 90.7 Å². The molecule has 19 heavy (non-hydrogen) atoms. The Morgan fingerprint density at radius 2 is 2.16 bits per heavy atom. The number of carbonyl (C=O) groups excluding carboxylic acids is 1. The molecule has 0 radical (unpaired) electrons. The van der Waals surface area contributed by atoms with Crippen LogP contribution in [0, 0.1) is 17.2 Å². The highest BCUT2D eigenvalue weighted by molar-refractivity contribution is 5.79. The molecule has 0 aliphatic heterocycles. The Balaban J connectivity index is 2.06. The van der Waals surface area contributed by atoms with Crippen LogP contribution in [0.1, 0.15) is 31.4 Å². The van der Waals surface area contributed by atoms with Crippen LogP contribution in [0.25, 0.3) is 0 Å². The lowest BCUT2D eigenvalue weighted by molar-refractivity contribution is -0.125. The maximum absolute atomic E-state index is 11.8. The van der Waals surface area contributed by atoms with Crippen LogP contribution in [-0.2, 0) is 4.79 Å². The van der Waals surface area contributed by atoms with Crippen molar-refractivity contribution in [3.63, 3.8) is 0 Å². The van der Waals surface area contributed by atoms with E-state index in [2.05, 4.69) is 20.8 Å². The zero-order chi connectivity index (χ0) is 13.7. The molecule has 1 saturated carbocycles. The summed E-state index contributed by atoms with van der Waals surface area (Å²) >= 11 is 0. The second kappa shape index (κ2) is 6.14. The fourth-order valence-corrected chi connectivity index (χ4v) is 2.46. The molecule has 2 unspecified atom stereocenters. The van der Waals surface area contributed by atoms with Crippen molar-refractivity contribution in [3.8, 4) is 6.07 Å². The van der Waals surface area contributed by atoms with Crippen LogP contribution in [0.15, 0.2) is 12.1 Å². The van der Waals surface area contributed by atoms with Gasteiger partial charge in [0.2, 0.25) is 5.91 Å². The first-order chi connectivity index (χ1) is 9.24. The van der Waals surface area contributed by atoms with Gasteiger partial charge in [-0.15, -0.1) is 10.2 Å². The average Bonchev–Trinajstić information content (AvgIpc) is 2.48. The summed E-state index contributed by atoms with van der Waals surface area (Å²) in [6.07, 6.45) is 4.02. The molecule has 1 fully saturated rings. The van der Waals surface area contributed by atoms with E-state index < -0.39 is 0 Å². The first kappa shape index (κ1) is 13.3. The Labute approximate surface area is 112 Å². The van der Waals surface area contributed by atoms with Gasteiger partial charge in [-0.3, -0.25) is 4.79 Å². The number of aromatic nitrogens is 2. The van der Waals surface area contributed by atoms with E-state index in [9.17, 15) is 4.79 Å². The number of hydrogen-bond donors (Lipinski definition) is 2. The van der Waals surface area contributed by atoms with Crippen molar-refractivity contribution in [2.45, 2.75) is 31.7 Å². The van der Waals surface area contributed by atoms with Crippen LogP contribution >= 0.6 is 0 Å². The normalized spacial score (nSPS) is 22.3. The minimum absolute atomic E-state index is 0.0313. The summed E-state index contributed by atoms with van der Waals surface area (Å²) in [5.74, 6) is 0.648. The van der Waals surface area contributed by atoms with Crippen molar-refractivity contribution in [2.75, 3.05) is 12.4 Å². The van der Waals surface area contributed by atoms with Crippen LogP contribution in [0.5, 0.6) is 0 Å². The van der Waals surface area contributed by atoms with Crippen molar-refractivity contribution in [2.24, 2.45) is 5.92 Å². The molecule has 0 saturated heterocycles. The highest BCUT2D eigenvalue weighted by atomic mass is 16.1. The van der Waals surface area contributed by atoms with E-state index in [-0.39, 0.29) is 23.6 Å². The van der Waals surface area contributed by atoms with Crippen molar-refractivity contribution in [3.05, 3.63) is 17.8 Å². The van der Waals surface area contributed by atoms with E-state index in [1.165, 1.54) is 0 Å². The molecule has 100 valence electrons. The largest absolute Gasteiger partial charge is 0.365 e. The van der Waals surface area contributed by atoms with E-state index in [1.54, 1.807) is 19.2 Å². The molecule has 0 bridgehead atoms. The summed E-state index contributed by atoms with van der Waals surface area (Å²) in [5.41, 5.74) is 0.289. The van der Waals surface area contributed by atoms with Gasteiger partial charge in [-0.25, -0.2) is 0 Å². The number of anilines is 1. The molecule has 1 aromatic rings. The molecule has 0 spiro atoms. The Hall–Kier alpha value is -2.16. The van der Waals surface area contributed by atoms with E-state index in [0.717, 1.165) is 25.7 Å². The lowest BCUT2D eigenvalue weighted by Gasteiger charge is -2.31. The van der Waals surface area contributed by atoms with E-state index in [1.807, 2.05) is 6.07 Å². The van der Waals surface area contributed by atoms with Crippen molar-refractivity contribution in [1.29, 1.82) is 5.26 Å². The molecule has 1 heterocycles. The molecule has 1 aromatic heterocycles. The number of carbonyl (C=O) groups is 1. The summed E-state index contributed by atoms with van der Waals surface area (Å²) in [6, 6.07) is 5.35. The average molecular weight is 259 g/mol. The Bertz CT molecular complexity index is 479. The second-order valence-electron chi connectivity index (χ2n) is 4.67. The van der Waals surface area contributed by atoms with Gasteiger partial charge >= 0.3 is 0 Å². The fourth-order valence-electron chi connectivity index (χ4n) is 2.46. The van der Waals surface area contributed by atoms with E-state index >= 15 is 0 Å². The molecule has 2 rings (SSSR count). The summed E-state index contributed by atoms with van der Waals surface area (Å²) in [5, 5.41) is 22.4. The summed E-state index contributed by atoms with van der Waals surface area (Å²) < 4.78 is 0. The lowest BCUT2D eigenvalue weighted by Crippen LogP contribution is -2.42. The lowest BCUT2D eigenvalue weighted by atomic mass is 9.84. The minimum Gasteiger partial charge on any atom is -0.365 e. The summed E-state index contributed by atoms with van der Waals surface area (Å²) in [6.45, 7) is 0. The maximum Gasteiger partial charge on any atom is 0.224 e. The molecule has 6 nitrogen and oxygen atoms in total. The number of nitrogens with zero attached hydrogens (tertiary/aromatic N) is 3. The predicted molar refractivity (Wildman–Crippen MR) is 70.2 cm³/mol. The van der Waals surface area contributed by atoms with Gasteiger partial charge in [-0.05, 0) is 25.0 Å². The van der Waals surface area contributed by atoms with E-state index in [0.29, 0.717) is 5.82 Å². The molecule has 1 aliphatic rings. The van der Waals surface area contributed by atoms with Crippen LogP contribution in [0.4, 0.5) is 5.82 Å². The number of nitrogens with one attached hydrogen (secondary N) is 2. The number of nitriles is 1. The zero-order valence-corrected chi connectivity index (χ0v) is 10.9. The third-order valence-corrected chi connectivity index (χ3v) is 3.46. The monoisotopic (exact) mass is 259 g/mol. The predicted octanol–water partition coefficient (Wildman–Crippen LogP) is 1.06. The van der Waals surface area contributed by atoms with Crippen molar-refractivity contribution in [1.82, 2.24) is 15.5 Å². The maximum atomic E-state index is 11.8. The van der Waals surface area contributed by atoms with Gasteiger partial charge in [-0.1, -0.05) is 12.8 Å². The Morgan fingerprint density at radius 1 is 1.37 bits per heavy atom. The van der Waals surface area contributed by atoms with Gasteiger partial charge < -0.3 is 10.6 Å². The van der Waals surface area contributed by atoms with Gasteiger partial charge in [0.05, 0.1) is 5.92 Å². The van der Waals surface area contributed by atoms with Crippen LogP contribution in [0.2, 0.25) is 0 Å². The number of hydrogen-bond acceptors (Lipinski definition) is 5. The Kier molecular flexibility index (Phi) is 4.29. The summed E-state index contributed by atoms with van der Waals surface area (Å²) in [7, 11) is 1.66. The molecule has 2 N–H and O–H groups in total. The van der Waals surface area contributed by atoms with Gasteiger partial charge in [0.15, 0.2) is 5.69 Å². The van der Waals surface area contributed by atoms with Crippen LogP contribution in [-0.4, -0.2) is 29.2 Å². The standard InChI is InChI=1S/C13H17N5O/c1-15-13(19)10-4-2-3-5-11(10)16-12-7-6-9(8-14)17-18-12/h6-7,10-11H,2-5H2,1H3,(H,15,19)(H,16,18). The third kappa shape index (κ3) is 3.19. The molecule has 2 atom stereocenters. The molecular weight excluding hydrogens is 242 g/mol. The Morgan fingerprint density at radius 3 is 2.79 bits per heavy atom. The quantitative estimate of drug-likeness (QED) is 0.847. The fraction of sp³-hybridized carbons (Fsp3) is 0.538.